The lowest BCUT2D eigenvalue weighted by molar-refractivity contribution is -0.109. The Labute approximate surface area is 91.7 Å². The van der Waals surface area contributed by atoms with Gasteiger partial charge in [0.05, 0.1) is 12.5 Å². The second-order valence-corrected chi connectivity index (χ2v) is 3.38. The minimum Gasteiger partial charge on any atom is -0.303 e. The van der Waals surface area contributed by atoms with E-state index in [1.165, 1.54) is 23.4 Å². The Bertz CT molecular complexity index is 470. The van der Waals surface area contributed by atoms with Crippen molar-refractivity contribution >= 4 is 6.29 Å². The normalized spacial score (nSPS) is 12.3. The summed E-state index contributed by atoms with van der Waals surface area (Å²) in [6.07, 6.45) is 3.60. The number of aldehydes is 1. The molecule has 1 aromatic heterocycles. The van der Waals surface area contributed by atoms with Gasteiger partial charge in [0.25, 0.3) is 0 Å². The van der Waals surface area contributed by atoms with E-state index in [1.807, 2.05) is 0 Å². The van der Waals surface area contributed by atoms with Crippen LogP contribution < -0.4 is 0 Å². The maximum absolute atomic E-state index is 13.5. The molecule has 1 unspecified atom stereocenters. The highest BCUT2D eigenvalue weighted by atomic mass is 19.1. The standard InChI is InChI=1S/C11H10FN3O/c12-11-4-2-1-3-10(11)9(6-16)5-15-8-13-7-14-15/h1-4,6-9H,5H2. The maximum atomic E-state index is 13.5. The first kappa shape index (κ1) is 10.5. The second-order valence-electron chi connectivity index (χ2n) is 3.38. The van der Waals surface area contributed by atoms with Gasteiger partial charge in [-0.15, -0.1) is 0 Å². The van der Waals surface area contributed by atoms with Crippen LogP contribution in [0.15, 0.2) is 36.9 Å². The van der Waals surface area contributed by atoms with E-state index in [4.69, 9.17) is 0 Å². The van der Waals surface area contributed by atoms with Gasteiger partial charge in [-0.1, -0.05) is 18.2 Å². The average molecular weight is 219 g/mol. The summed E-state index contributed by atoms with van der Waals surface area (Å²) >= 11 is 0. The van der Waals surface area contributed by atoms with Gasteiger partial charge in [-0.25, -0.2) is 9.37 Å². The van der Waals surface area contributed by atoms with Crippen LogP contribution in [0, 0.1) is 5.82 Å². The van der Waals surface area contributed by atoms with E-state index < -0.39 is 5.92 Å². The van der Waals surface area contributed by atoms with Gasteiger partial charge in [0.15, 0.2) is 0 Å². The van der Waals surface area contributed by atoms with Crippen molar-refractivity contribution in [3.05, 3.63) is 48.3 Å². The number of carbonyl (C=O) groups excluding carboxylic acids is 1. The minimum absolute atomic E-state index is 0.296. The minimum atomic E-state index is -0.539. The van der Waals surface area contributed by atoms with E-state index in [9.17, 15) is 9.18 Å². The molecule has 0 amide bonds. The van der Waals surface area contributed by atoms with E-state index >= 15 is 0 Å². The summed E-state index contributed by atoms with van der Waals surface area (Å²) in [5, 5.41) is 3.88. The van der Waals surface area contributed by atoms with Gasteiger partial charge in [-0.2, -0.15) is 5.10 Å². The van der Waals surface area contributed by atoms with Crippen molar-refractivity contribution < 1.29 is 9.18 Å². The maximum Gasteiger partial charge on any atom is 0.137 e. The van der Waals surface area contributed by atoms with Gasteiger partial charge in [0.1, 0.15) is 24.8 Å². The lowest BCUT2D eigenvalue weighted by Crippen LogP contribution is -2.12. The molecule has 2 aromatic rings. The van der Waals surface area contributed by atoms with Gasteiger partial charge < -0.3 is 4.79 Å². The zero-order valence-corrected chi connectivity index (χ0v) is 8.45. The largest absolute Gasteiger partial charge is 0.303 e. The van der Waals surface area contributed by atoms with Gasteiger partial charge >= 0.3 is 0 Å². The molecule has 4 nitrogen and oxygen atoms in total. The van der Waals surface area contributed by atoms with E-state index in [0.29, 0.717) is 12.1 Å². The second kappa shape index (κ2) is 4.65. The smallest absolute Gasteiger partial charge is 0.137 e. The summed E-state index contributed by atoms with van der Waals surface area (Å²) in [4.78, 5) is 14.7. The summed E-state index contributed by atoms with van der Waals surface area (Å²) in [5.41, 5.74) is 0.382. The third kappa shape index (κ3) is 2.13. The lowest BCUT2D eigenvalue weighted by atomic mass is 10.0. The quantitative estimate of drug-likeness (QED) is 0.730. The Kier molecular flexibility index (Phi) is 3.05. The Hall–Kier alpha value is -2.04. The fraction of sp³-hybridized carbons (Fsp3) is 0.182. The SMILES string of the molecule is O=CC(Cn1cncn1)c1ccccc1F. The Morgan fingerprint density at radius 2 is 2.25 bits per heavy atom. The first-order valence-electron chi connectivity index (χ1n) is 4.83. The number of benzene rings is 1. The van der Waals surface area contributed by atoms with Crippen LogP contribution in [0.2, 0.25) is 0 Å². The zero-order valence-electron chi connectivity index (χ0n) is 8.45. The number of aromatic nitrogens is 3. The highest BCUT2D eigenvalue weighted by Crippen LogP contribution is 2.18. The van der Waals surface area contributed by atoms with E-state index in [-0.39, 0.29) is 5.82 Å². The van der Waals surface area contributed by atoms with Gasteiger partial charge in [0, 0.05) is 0 Å². The highest BCUT2D eigenvalue weighted by molar-refractivity contribution is 5.62. The summed E-state index contributed by atoms with van der Waals surface area (Å²) in [6, 6.07) is 6.24. The summed E-state index contributed by atoms with van der Waals surface area (Å²) in [7, 11) is 0. The number of nitrogens with zero attached hydrogens (tertiary/aromatic N) is 3. The third-order valence-corrected chi connectivity index (χ3v) is 2.32. The molecule has 0 bridgehead atoms. The number of halogens is 1. The van der Waals surface area contributed by atoms with Crippen LogP contribution in [-0.2, 0) is 11.3 Å². The summed E-state index contributed by atoms with van der Waals surface area (Å²) in [6.45, 7) is 0.296. The highest BCUT2D eigenvalue weighted by Gasteiger charge is 2.15. The Morgan fingerprint density at radius 3 is 2.88 bits per heavy atom. The Morgan fingerprint density at radius 1 is 1.44 bits per heavy atom. The number of carbonyl (C=O) groups is 1. The molecule has 5 heteroatoms. The zero-order chi connectivity index (χ0) is 11.4. The first-order valence-corrected chi connectivity index (χ1v) is 4.83. The fourth-order valence-electron chi connectivity index (χ4n) is 1.52. The van der Waals surface area contributed by atoms with Crippen molar-refractivity contribution in [1.29, 1.82) is 0 Å². The molecule has 0 aliphatic carbocycles. The molecule has 1 aromatic carbocycles. The molecular weight excluding hydrogens is 209 g/mol. The molecule has 0 radical (unpaired) electrons. The Balaban J connectivity index is 2.23. The van der Waals surface area contributed by atoms with Crippen molar-refractivity contribution in [2.75, 3.05) is 0 Å². The van der Waals surface area contributed by atoms with Crippen LogP contribution in [0.4, 0.5) is 4.39 Å². The molecule has 0 saturated heterocycles. The topological polar surface area (TPSA) is 47.8 Å². The molecule has 0 aliphatic heterocycles. The fourth-order valence-corrected chi connectivity index (χ4v) is 1.52. The van der Waals surface area contributed by atoms with Crippen molar-refractivity contribution in [3.8, 4) is 0 Å². The van der Waals surface area contributed by atoms with Crippen molar-refractivity contribution in [3.63, 3.8) is 0 Å². The molecule has 0 spiro atoms. The van der Waals surface area contributed by atoms with Crippen LogP contribution in [0.3, 0.4) is 0 Å². The monoisotopic (exact) mass is 219 g/mol. The molecule has 0 fully saturated rings. The molecule has 2 rings (SSSR count). The van der Waals surface area contributed by atoms with Crippen LogP contribution in [0.1, 0.15) is 11.5 Å². The van der Waals surface area contributed by atoms with E-state index in [1.54, 1.807) is 18.2 Å². The van der Waals surface area contributed by atoms with Gasteiger partial charge in [-0.3, -0.25) is 4.68 Å². The van der Waals surface area contributed by atoms with Crippen LogP contribution in [0.25, 0.3) is 0 Å². The molecule has 0 saturated carbocycles. The third-order valence-electron chi connectivity index (χ3n) is 2.32. The number of hydrogen-bond acceptors (Lipinski definition) is 3. The molecule has 1 heterocycles. The van der Waals surface area contributed by atoms with Crippen molar-refractivity contribution in [1.82, 2.24) is 14.8 Å². The predicted octanol–water partition coefficient (Wildman–Crippen LogP) is 1.40. The molecule has 1 atom stereocenters. The van der Waals surface area contributed by atoms with E-state index in [2.05, 4.69) is 10.1 Å². The van der Waals surface area contributed by atoms with Crippen LogP contribution >= 0.6 is 0 Å². The summed E-state index contributed by atoms with van der Waals surface area (Å²) < 4.78 is 15.0. The molecule has 0 N–H and O–H groups in total. The van der Waals surface area contributed by atoms with Crippen molar-refractivity contribution in [2.45, 2.75) is 12.5 Å². The first-order chi connectivity index (χ1) is 7.81. The lowest BCUT2D eigenvalue weighted by Gasteiger charge is -2.10. The average Bonchev–Trinajstić information content (AvgIpc) is 2.80. The number of hydrogen-bond donors (Lipinski definition) is 0. The molecular formula is C11H10FN3O. The van der Waals surface area contributed by atoms with Gasteiger partial charge in [-0.05, 0) is 11.6 Å². The number of rotatable bonds is 4. The molecule has 16 heavy (non-hydrogen) atoms. The van der Waals surface area contributed by atoms with Crippen molar-refractivity contribution in [2.24, 2.45) is 0 Å². The van der Waals surface area contributed by atoms with Gasteiger partial charge in [0.2, 0.25) is 0 Å². The van der Waals surface area contributed by atoms with Crippen LogP contribution in [-0.4, -0.2) is 21.1 Å². The summed E-state index contributed by atoms with van der Waals surface area (Å²) in [5.74, 6) is -0.914. The van der Waals surface area contributed by atoms with Crippen LogP contribution in [0.5, 0.6) is 0 Å². The predicted molar refractivity (Wildman–Crippen MR) is 55.2 cm³/mol. The molecule has 82 valence electrons. The molecule has 0 aliphatic rings. The van der Waals surface area contributed by atoms with E-state index in [0.717, 1.165) is 6.29 Å².